The van der Waals surface area contributed by atoms with E-state index in [1.54, 1.807) is 17.0 Å². The molecular formula is C16H24FN3O3S. The first-order chi connectivity index (χ1) is 11.3. The van der Waals surface area contributed by atoms with E-state index < -0.39 is 10.0 Å². The molecule has 1 saturated heterocycles. The van der Waals surface area contributed by atoms with Crippen molar-refractivity contribution >= 4 is 21.6 Å². The minimum Gasteiger partial charge on any atom is -0.381 e. The van der Waals surface area contributed by atoms with Gasteiger partial charge >= 0.3 is 0 Å². The van der Waals surface area contributed by atoms with Crippen LogP contribution in [0.25, 0.3) is 0 Å². The summed E-state index contributed by atoms with van der Waals surface area (Å²) in [5.41, 5.74) is 0.826. The van der Waals surface area contributed by atoms with Gasteiger partial charge in [-0.2, -0.15) is 0 Å². The SMILES string of the molecule is CN(CCC(=O)N1CCC[C@H](Nc2ccc(F)cc2)C1)S(C)(=O)=O. The van der Waals surface area contributed by atoms with Gasteiger partial charge in [0.05, 0.1) is 6.26 Å². The van der Waals surface area contributed by atoms with E-state index in [-0.39, 0.29) is 30.7 Å². The maximum atomic E-state index is 12.9. The van der Waals surface area contributed by atoms with Gasteiger partial charge in [0, 0.05) is 44.8 Å². The zero-order valence-electron chi connectivity index (χ0n) is 14.0. The summed E-state index contributed by atoms with van der Waals surface area (Å²) in [7, 11) is -1.79. The van der Waals surface area contributed by atoms with E-state index in [2.05, 4.69) is 5.32 Å². The summed E-state index contributed by atoms with van der Waals surface area (Å²) in [6.45, 7) is 1.44. The summed E-state index contributed by atoms with van der Waals surface area (Å²) >= 11 is 0. The van der Waals surface area contributed by atoms with Gasteiger partial charge in [-0.05, 0) is 37.1 Å². The number of nitrogens with zero attached hydrogens (tertiary/aromatic N) is 2. The van der Waals surface area contributed by atoms with Crippen LogP contribution in [0.15, 0.2) is 24.3 Å². The fourth-order valence-electron chi connectivity index (χ4n) is 2.68. The van der Waals surface area contributed by atoms with Crippen molar-refractivity contribution < 1.29 is 17.6 Å². The molecule has 1 aromatic carbocycles. The summed E-state index contributed by atoms with van der Waals surface area (Å²) in [6, 6.07) is 6.26. The highest BCUT2D eigenvalue weighted by atomic mass is 32.2. The molecule has 0 aliphatic carbocycles. The van der Waals surface area contributed by atoms with Gasteiger partial charge in [0.25, 0.3) is 0 Å². The van der Waals surface area contributed by atoms with Gasteiger partial charge in [-0.3, -0.25) is 4.79 Å². The van der Waals surface area contributed by atoms with Crippen molar-refractivity contribution in [3.05, 3.63) is 30.1 Å². The lowest BCUT2D eigenvalue weighted by Crippen LogP contribution is -2.46. The van der Waals surface area contributed by atoms with Crippen LogP contribution in [0, 0.1) is 5.82 Å². The van der Waals surface area contributed by atoms with Crippen LogP contribution in [0.4, 0.5) is 10.1 Å². The molecule has 1 aliphatic heterocycles. The number of piperidine rings is 1. The molecular weight excluding hydrogens is 333 g/mol. The molecule has 0 saturated carbocycles. The van der Waals surface area contributed by atoms with E-state index in [9.17, 15) is 17.6 Å². The van der Waals surface area contributed by atoms with Crippen LogP contribution >= 0.6 is 0 Å². The monoisotopic (exact) mass is 357 g/mol. The van der Waals surface area contributed by atoms with E-state index in [0.717, 1.165) is 24.8 Å². The van der Waals surface area contributed by atoms with E-state index in [1.807, 2.05) is 0 Å². The Morgan fingerprint density at radius 2 is 2.04 bits per heavy atom. The number of anilines is 1. The van der Waals surface area contributed by atoms with E-state index in [4.69, 9.17) is 0 Å². The molecule has 1 fully saturated rings. The number of carbonyl (C=O) groups excluding carboxylic acids is 1. The molecule has 8 heteroatoms. The molecule has 1 aliphatic rings. The van der Waals surface area contributed by atoms with Crippen molar-refractivity contribution in [2.45, 2.75) is 25.3 Å². The van der Waals surface area contributed by atoms with E-state index in [1.165, 1.54) is 23.5 Å². The van der Waals surface area contributed by atoms with Gasteiger partial charge in [0.15, 0.2) is 0 Å². The summed E-state index contributed by atoms with van der Waals surface area (Å²) < 4.78 is 36.9. The van der Waals surface area contributed by atoms with Crippen molar-refractivity contribution in [3.63, 3.8) is 0 Å². The number of hydrogen-bond acceptors (Lipinski definition) is 4. The molecule has 24 heavy (non-hydrogen) atoms. The number of hydrogen-bond donors (Lipinski definition) is 1. The Kier molecular flexibility index (Phi) is 6.17. The topological polar surface area (TPSA) is 69.7 Å². The normalized spacial score (nSPS) is 18.7. The first-order valence-corrected chi connectivity index (χ1v) is 9.82. The second-order valence-electron chi connectivity index (χ2n) is 6.16. The van der Waals surface area contributed by atoms with Crippen molar-refractivity contribution in [1.29, 1.82) is 0 Å². The molecule has 0 radical (unpaired) electrons. The third-order valence-electron chi connectivity index (χ3n) is 4.20. The largest absolute Gasteiger partial charge is 0.381 e. The molecule has 0 spiro atoms. The van der Waals surface area contributed by atoms with Crippen LogP contribution in [0.3, 0.4) is 0 Å². The van der Waals surface area contributed by atoms with Gasteiger partial charge < -0.3 is 10.2 Å². The standard InChI is InChI=1S/C16H24FN3O3S/c1-19(24(2,22)23)11-9-16(21)20-10-3-4-15(12-20)18-14-7-5-13(17)6-8-14/h5-8,15,18H,3-4,9-12H2,1-2H3/t15-/m0/s1. The molecule has 1 amide bonds. The van der Waals surface area contributed by atoms with Gasteiger partial charge in [-0.1, -0.05) is 0 Å². The molecule has 0 unspecified atom stereocenters. The Hall–Kier alpha value is -1.67. The summed E-state index contributed by atoms with van der Waals surface area (Å²) in [5, 5.41) is 3.32. The zero-order valence-corrected chi connectivity index (χ0v) is 14.9. The minimum atomic E-state index is -3.26. The highest BCUT2D eigenvalue weighted by Gasteiger charge is 2.24. The molecule has 1 N–H and O–H groups in total. The highest BCUT2D eigenvalue weighted by molar-refractivity contribution is 7.88. The average molecular weight is 357 g/mol. The maximum Gasteiger partial charge on any atom is 0.223 e. The molecule has 1 aromatic rings. The fourth-order valence-corrected chi connectivity index (χ4v) is 3.10. The van der Waals surface area contributed by atoms with Crippen LogP contribution in [-0.4, -0.2) is 62.5 Å². The summed E-state index contributed by atoms with van der Waals surface area (Å²) in [4.78, 5) is 14.1. The van der Waals surface area contributed by atoms with Crippen LogP contribution in [0.1, 0.15) is 19.3 Å². The number of rotatable bonds is 6. The number of halogens is 1. The maximum absolute atomic E-state index is 12.9. The number of benzene rings is 1. The Morgan fingerprint density at radius 1 is 1.38 bits per heavy atom. The first kappa shape index (κ1) is 18.7. The van der Waals surface area contributed by atoms with Crippen molar-refractivity contribution in [2.75, 3.05) is 38.3 Å². The molecule has 1 heterocycles. The van der Waals surface area contributed by atoms with Crippen LogP contribution in [-0.2, 0) is 14.8 Å². The third kappa shape index (κ3) is 5.45. The lowest BCUT2D eigenvalue weighted by molar-refractivity contribution is -0.132. The predicted octanol–water partition coefficient (Wildman–Crippen LogP) is 1.51. The minimum absolute atomic E-state index is 0.0453. The van der Waals surface area contributed by atoms with E-state index in [0.29, 0.717) is 13.1 Å². The number of nitrogens with one attached hydrogen (secondary N) is 1. The van der Waals surface area contributed by atoms with Crippen molar-refractivity contribution in [3.8, 4) is 0 Å². The van der Waals surface area contributed by atoms with Gasteiger partial charge in [0.2, 0.25) is 15.9 Å². The third-order valence-corrected chi connectivity index (χ3v) is 5.51. The Labute approximate surface area is 142 Å². The van der Waals surface area contributed by atoms with Crippen molar-refractivity contribution in [1.82, 2.24) is 9.21 Å². The summed E-state index contributed by atoms with van der Waals surface area (Å²) in [5.74, 6) is -0.327. The molecule has 6 nitrogen and oxygen atoms in total. The summed E-state index contributed by atoms with van der Waals surface area (Å²) in [6.07, 6.45) is 3.12. The van der Waals surface area contributed by atoms with Gasteiger partial charge in [0.1, 0.15) is 5.82 Å². The van der Waals surface area contributed by atoms with Crippen LogP contribution < -0.4 is 5.32 Å². The first-order valence-electron chi connectivity index (χ1n) is 7.97. The van der Waals surface area contributed by atoms with Crippen molar-refractivity contribution in [2.24, 2.45) is 0 Å². The lowest BCUT2D eigenvalue weighted by atomic mass is 10.0. The highest BCUT2D eigenvalue weighted by Crippen LogP contribution is 2.17. The fraction of sp³-hybridized carbons (Fsp3) is 0.562. The molecule has 134 valence electrons. The van der Waals surface area contributed by atoms with Crippen LogP contribution in [0.5, 0.6) is 0 Å². The second-order valence-corrected chi connectivity index (χ2v) is 8.25. The Morgan fingerprint density at radius 3 is 2.67 bits per heavy atom. The smallest absolute Gasteiger partial charge is 0.223 e. The van der Waals surface area contributed by atoms with Gasteiger partial charge in [-0.15, -0.1) is 0 Å². The lowest BCUT2D eigenvalue weighted by Gasteiger charge is -2.34. The molecule has 1 atom stereocenters. The Bertz CT molecular complexity index is 664. The van der Waals surface area contributed by atoms with Gasteiger partial charge in [-0.25, -0.2) is 17.1 Å². The number of likely N-dealkylation sites (tertiary alicyclic amines) is 1. The average Bonchev–Trinajstić information content (AvgIpc) is 2.54. The predicted molar refractivity (Wildman–Crippen MR) is 91.7 cm³/mol. The molecule has 0 aromatic heterocycles. The molecule has 2 rings (SSSR count). The quantitative estimate of drug-likeness (QED) is 0.838. The van der Waals surface area contributed by atoms with E-state index >= 15 is 0 Å². The number of amides is 1. The Balaban J connectivity index is 1.85. The second kappa shape index (κ2) is 7.94. The number of sulfonamides is 1. The number of carbonyl (C=O) groups is 1. The molecule has 0 bridgehead atoms. The zero-order chi connectivity index (χ0) is 17.7. The van der Waals surface area contributed by atoms with Crippen LogP contribution in [0.2, 0.25) is 0 Å².